The molecule has 14 nitrogen and oxygen atoms in total. The van der Waals surface area contributed by atoms with Gasteiger partial charge in [0, 0.05) is 44.2 Å². The van der Waals surface area contributed by atoms with E-state index in [-0.39, 0.29) is 70.5 Å². The van der Waals surface area contributed by atoms with Crippen LogP contribution in [0.25, 0.3) is 111 Å². The van der Waals surface area contributed by atoms with E-state index in [1.54, 1.807) is 36.4 Å². The molecular formula is C80H50CaN4O10S2. The van der Waals surface area contributed by atoms with Gasteiger partial charge in [0.2, 0.25) is 11.8 Å². The quantitative estimate of drug-likeness (QED) is 0.0665. The largest absolute Gasteiger partial charge is 2.00 e. The van der Waals surface area contributed by atoms with Crippen LogP contribution in [0.3, 0.4) is 0 Å². The van der Waals surface area contributed by atoms with Crippen molar-refractivity contribution in [3.63, 3.8) is 0 Å². The Balaban J connectivity index is 0.000000165. The molecule has 4 N–H and O–H groups in total. The van der Waals surface area contributed by atoms with Gasteiger partial charge in [-0.1, -0.05) is 267 Å². The van der Waals surface area contributed by atoms with Crippen LogP contribution in [0.15, 0.2) is 331 Å². The van der Waals surface area contributed by atoms with Gasteiger partial charge in [0.1, 0.15) is 9.79 Å². The van der Waals surface area contributed by atoms with Crippen LogP contribution in [0, 0.1) is 0 Å². The molecule has 12 aromatic carbocycles. The Morgan fingerprint density at radius 1 is 0.247 bits per heavy atom. The van der Waals surface area contributed by atoms with Crippen molar-refractivity contribution >= 4 is 126 Å². The molecule has 464 valence electrons. The first-order valence-corrected chi connectivity index (χ1v) is 33.2. The fraction of sp³-hybridized carbons (Fsp3) is 0. The van der Waals surface area contributed by atoms with Crippen molar-refractivity contribution in [1.82, 2.24) is 0 Å². The van der Waals surface area contributed by atoms with Crippen LogP contribution in [-0.4, -0.2) is 97.5 Å². The second-order valence-corrected chi connectivity index (χ2v) is 25.8. The minimum atomic E-state index is -4.37. The molecule has 17 heteroatoms. The molecule has 0 aliphatic carbocycles. The zero-order valence-electron chi connectivity index (χ0n) is 51.1. The van der Waals surface area contributed by atoms with E-state index in [4.69, 9.17) is 0 Å². The summed E-state index contributed by atoms with van der Waals surface area (Å²) in [6.45, 7) is 0. The molecule has 16 rings (SSSR count). The van der Waals surface area contributed by atoms with Crippen molar-refractivity contribution in [2.45, 2.75) is 9.79 Å². The van der Waals surface area contributed by atoms with Gasteiger partial charge in [-0.15, -0.1) is 0 Å². The molecule has 0 spiro atoms. The van der Waals surface area contributed by atoms with Crippen LogP contribution < -0.4 is 10.2 Å². The molecule has 4 aliphatic rings. The average Bonchev–Trinajstić information content (AvgIpc) is 1.68. The fourth-order valence-electron chi connectivity index (χ4n) is 12.8. The van der Waals surface area contributed by atoms with Crippen molar-refractivity contribution in [1.29, 1.82) is 0 Å². The van der Waals surface area contributed by atoms with E-state index < -0.39 is 32.0 Å². The summed E-state index contributed by atoms with van der Waals surface area (Å²) in [5, 5.41) is 50.4. The van der Waals surface area contributed by atoms with Crippen LogP contribution >= 0.6 is 0 Å². The third-order valence-electron chi connectivity index (χ3n) is 17.4. The van der Waals surface area contributed by atoms with Gasteiger partial charge in [-0.05, 0) is 101 Å². The topological polar surface area (TPSA) is 245 Å². The molecule has 0 bridgehead atoms. The van der Waals surface area contributed by atoms with E-state index in [0.717, 1.165) is 83.3 Å². The van der Waals surface area contributed by atoms with Gasteiger partial charge in [-0.2, -0.15) is 16.8 Å². The van der Waals surface area contributed by atoms with Gasteiger partial charge in [0.25, 0.3) is 20.2 Å². The van der Waals surface area contributed by atoms with Gasteiger partial charge in [-0.3, -0.25) is 19.1 Å². The van der Waals surface area contributed by atoms with E-state index in [1.807, 2.05) is 231 Å². The monoisotopic (exact) mass is 1330 g/mol. The number of aliphatic hydroxyl groups is 2. The smallest absolute Gasteiger partial charge is 0.858 e. The molecule has 0 aromatic heterocycles. The summed E-state index contributed by atoms with van der Waals surface area (Å²) >= 11 is 0. The SMILES string of the molecule is O=S(=O)(O)c1cccc2c(-c3ccc(-c4ccc(C5=C6C(O)=NC(c7ccc(-c8ccccc8)cc7)=C6C(O)=N5)cc4)cc3)cccc12.O=S(=O)(O)c1cccc2c(-c3ccc(-c4ccc(C5=C6C([O-])=NC(c7ccc(-c8ccccc8)cc7)=C6C([O-])=N5)cc4)cc3)cccc12.[Ca+2]. The molecule has 0 radical (unpaired) electrons. The van der Waals surface area contributed by atoms with Crippen molar-refractivity contribution < 1.29 is 46.4 Å². The molecule has 12 aromatic rings. The Labute approximate surface area is 587 Å². The zero-order valence-corrected chi connectivity index (χ0v) is 55.0. The Kier molecular flexibility index (Phi) is 16.8. The normalized spacial score (nSPS) is 14.2. The maximum absolute atomic E-state index is 13.1. The number of nitrogens with zero attached hydrogens (tertiary/aromatic N) is 4. The van der Waals surface area contributed by atoms with Crippen molar-refractivity contribution in [3.05, 3.63) is 324 Å². The van der Waals surface area contributed by atoms with E-state index in [0.29, 0.717) is 61.2 Å². The Morgan fingerprint density at radius 3 is 0.773 bits per heavy atom. The van der Waals surface area contributed by atoms with Crippen LogP contribution in [0.1, 0.15) is 22.3 Å². The van der Waals surface area contributed by atoms with E-state index in [1.165, 1.54) is 12.1 Å². The van der Waals surface area contributed by atoms with E-state index in [9.17, 15) is 46.4 Å². The summed E-state index contributed by atoms with van der Waals surface area (Å²) in [7, 11) is -8.74. The first-order valence-electron chi connectivity index (χ1n) is 30.3. The molecule has 0 saturated heterocycles. The molecule has 0 saturated carbocycles. The first kappa shape index (κ1) is 63.5. The fourth-order valence-corrected chi connectivity index (χ4v) is 14.2. The van der Waals surface area contributed by atoms with Crippen LogP contribution in [0.2, 0.25) is 0 Å². The van der Waals surface area contributed by atoms with Crippen LogP contribution in [0.5, 0.6) is 0 Å². The molecule has 97 heavy (non-hydrogen) atoms. The zero-order chi connectivity index (χ0) is 66.0. The summed E-state index contributed by atoms with van der Waals surface area (Å²) in [5.41, 5.74) is 17.1. The third kappa shape index (κ3) is 12.0. The molecule has 0 atom stereocenters. The standard InChI is InChI=1S/2C40H26N2O5S.Ca/c2*43-39-35-36(40(44)41-37(35)29-20-14-25(15-21-29)24-6-2-1-3-7-24)38(42-39)30-22-16-27(17-23-30)26-12-18-28(19-13-26)31-8-4-10-33-32(31)9-5-11-34(33)48(45,46)47;/h2*1-23H,(H,41,44)(H,42,43)(H,45,46,47);/q;;+2/p-2. The summed E-state index contributed by atoms with van der Waals surface area (Å²) in [5.74, 6) is -1.33. The number of hydrogen-bond acceptors (Lipinski definition) is 10. The Bertz CT molecular complexity index is 5360. The summed E-state index contributed by atoms with van der Waals surface area (Å²) < 4.78 is 67.1. The number of hydrogen-bond donors (Lipinski definition) is 4. The van der Waals surface area contributed by atoms with Crippen molar-refractivity contribution in [2.24, 2.45) is 20.0 Å². The number of aliphatic hydroxyl groups excluding tert-OH is 2. The molecule has 0 fully saturated rings. The minimum absolute atomic E-state index is 0. The van der Waals surface area contributed by atoms with Crippen molar-refractivity contribution in [3.8, 4) is 66.8 Å². The third-order valence-corrected chi connectivity index (χ3v) is 19.2. The summed E-state index contributed by atoms with van der Waals surface area (Å²) in [4.78, 5) is 17.1. The predicted octanol–water partition coefficient (Wildman–Crippen LogP) is 15.5. The molecule has 4 heterocycles. The average molecular weight is 1330 g/mol. The van der Waals surface area contributed by atoms with E-state index >= 15 is 0 Å². The maximum Gasteiger partial charge on any atom is 2.00 e. The number of aliphatic imine (C=N–C) groups is 4. The summed E-state index contributed by atoms with van der Waals surface area (Å²) in [6, 6.07) is 86.8. The number of rotatable bonds is 12. The second kappa shape index (κ2) is 25.7. The molecule has 4 aliphatic heterocycles. The number of fused-ring (bicyclic) bond motifs is 4. The van der Waals surface area contributed by atoms with Gasteiger partial charge in [0.05, 0.1) is 33.9 Å². The van der Waals surface area contributed by atoms with Gasteiger partial charge < -0.3 is 20.4 Å². The first-order chi connectivity index (χ1) is 46.5. The minimum Gasteiger partial charge on any atom is -0.858 e. The number of benzene rings is 12. The molecule has 0 unspecified atom stereocenters. The van der Waals surface area contributed by atoms with Crippen LogP contribution in [0.4, 0.5) is 0 Å². The van der Waals surface area contributed by atoms with Gasteiger partial charge in [0.15, 0.2) is 0 Å². The predicted molar refractivity (Wildman–Crippen MR) is 381 cm³/mol. The molecular weight excluding hydrogens is 1280 g/mol. The Hall–Kier alpha value is -10.9. The van der Waals surface area contributed by atoms with Crippen LogP contribution in [-0.2, 0) is 20.2 Å². The summed E-state index contributed by atoms with van der Waals surface area (Å²) in [6.07, 6.45) is 0. The molecule has 0 amide bonds. The van der Waals surface area contributed by atoms with Gasteiger partial charge in [-0.25, -0.2) is 9.98 Å². The van der Waals surface area contributed by atoms with Crippen molar-refractivity contribution in [2.75, 3.05) is 0 Å². The van der Waals surface area contributed by atoms with Gasteiger partial charge >= 0.3 is 37.7 Å². The second-order valence-electron chi connectivity index (χ2n) is 23.1. The maximum atomic E-state index is 13.1. The Morgan fingerprint density at radius 2 is 0.485 bits per heavy atom. The van der Waals surface area contributed by atoms with E-state index in [2.05, 4.69) is 20.0 Å².